The molecule has 1 N–H and O–H groups in total. The molecule has 0 aliphatic carbocycles. The van der Waals surface area contributed by atoms with E-state index in [1.165, 1.54) is 11.8 Å². The van der Waals surface area contributed by atoms with Crippen LogP contribution in [0.2, 0.25) is 23.2 Å². The maximum absolute atomic E-state index is 12.8. The van der Waals surface area contributed by atoms with E-state index in [-0.39, 0.29) is 5.04 Å². The molecule has 0 aliphatic rings. The molecule has 1 aromatic carbocycles. The Balaban J connectivity index is 1.96. The van der Waals surface area contributed by atoms with E-state index in [2.05, 4.69) is 59.6 Å². The van der Waals surface area contributed by atoms with Crippen LogP contribution in [0.1, 0.15) is 52.7 Å². The van der Waals surface area contributed by atoms with Crippen molar-refractivity contribution in [3.8, 4) is 11.3 Å². The van der Waals surface area contributed by atoms with E-state index in [4.69, 9.17) is 16.0 Å². The highest BCUT2D eigenvalue weighted by Crippen LogP contribution is 2.41. The van der Waals surface area contributed by atoms with Crippen LogP contribution in [0.15, 0.2) is 59.0 Å². The van der Waals surface area contributed by atoms with Crippen LogP contribution in [-0.4, -0.2) is 32.6 Å². The second kappa shape index (κ2) is 12.2. The number of nitrogens with one attached hydrogen (secondary N) is 1. The summed E-state index contributed by atoms with van der Waals surface area (Å²) in [5.41, 5.74) is 3.50. The van der Waals surface area contributed by atoms with E-state index in [0.717, 1.165) is 32.3 Å². The number of nitrogens with zero attached hydrogens (tertiary/aromatic N) is 3. The molecular weight excluding hydrogens is 540 g/mol. The monoisotopic (exact) mass is 576 g/mol. The first-order valence-corrected chi connectivity index (χ1v) is 17.4. The van der Waals surface area contributed by atoms with Gasteiger partial charge in [0.15, 0.2) is 8.32 Å². The van der Waals surface area contributed by atoms with Gasteiger partial charge in [0.2, 0.25) is 0 Å². The normalized spacial score (nSPS) is 13.6. The number of hydrogen-bond donors (Lipinski definition) is 1. The summed E-state index contributed by atoms with van der Waals surface area (Å²) in [5, 5.41) is 1.53. The fourth-order valence-electron chi connectivity index (χ4n) is 3.05. The fraction of sp³-hybridized carbons (Fsp3) is 0.444. The standard InChI is InChI=1S/C27H37ClN4O2S2Si/c1-26(2,3)36(33)32-16-21-14-20(23-17-29-12-13-30-23)15-22(28)24(21)35-25-19(10-9-11-31-25)18-34-37(7,8)27(4,5)6/h9-15,17,32H,16,18H2,1-8H3. The number of pyridine rings is 1. The summed E-state index contributed by atoms with van der Waals surface area (Å²) < 4.78 is 22.0. The van der Waals surface area contributed by atoms with Crippen molar-refractivity contribution < 1.29 is 8.98 Å². The fourth-order valence-corrected chi connectivity index (χ4v) is 6.06. The highest BCUT2D eigenvalue weighted by molar-refractivity contribution is 7.99. The summed E-state index contributed by atoms with van der Waals surface area (Å²) in [6, 6.07) is 7.91. The number of halogens is 1. The van der Waals surface area contributed by atoms with Crippen LogP contribution in [0.25, 0.3) is 11.3 Å². The van der Waals surface area contributed by atoms with Gasteiger partial charge >= 0.3 is 0 Å². The SMILES string of the molecule is CC(C)(C)[S+]([O-])NCc1cc(-c2cnccn2)cc(Cl)c1Sc1ncccc1CO[Si](C)(C)C(C)(C)C. The van der Waals surface area contributed by atoms with Crippen molar-refractivity contribution in [2.45, 2.75) is 87.5 Å². The Hall–Kier alpha value is -1.46. The number of aromatic nitrogens is 3. The molecule has 6 nitrogen and oxygen atoms in total. The Morgan fingerprint density at radius 2 is 1.78 bits per heavy atom. The van der Waals surface area contributed by atoms with Crippen LogP contribution in [0.4, 0.5) is 0 Å². The molecule has 2 aromatic heterocycles. The zero-order valence-corrected chi connectivity index (χ0v) is 26.3. The van der Waals surface area contributed by atoms with Crippen LogP contribution in [0.3, 0.4) is 0 Å². The van der Waals surface area contributed by atoms with Gasteiger partial charge in [0.1, 0.15) is 9.77 Å². The van der Waals surface area contributed by atoms with Crippen molar-refractivity contribution in [2.75, 3.05) is 0 Å². The van der Waals surface area contributed by atoms with Crippen molar-refractivity contribution in [1.29, 1.82) is 0 Å². The number of hydrogen-bond acceptors (Lipinski definition) is 7. The average molecular weight is 577 g/mol. The summed E-state index contributed by atoms with van der Waals surface area (Å²) in [6.45, 7) is 17.9. The summed E-state index contributed by atoms with van der Waals surface area (Å²) >= 11 is 7.14. The third-order valence-corrected chi connectivity index (χ3v) is 14.0. The van der Waals surface area contributed by atoms with Gasteiger partial charge in [-0.15, -0.1) is 4.72 Å². The Kier molecular flexibility index (Phi) is 9.88. The predicted octanol–water partition coefficient (Wildman–Crippen LogP) is 7.42. The first kappa shape index (κ1) is 30.1. The second-order valence-corrected chi connectivity index (χ2v) is 19.6. The van der Waals surface area contributed by atoms with Gasteiger partial charge in [-0.05, 0) is 62.7 Å². The van der Waals surface area contributed by atoms with Gasteiger partial charge < -0.3 is 8.98 Å². The predicted molar refractivity (Wildman–Crippen MR) is 158 cm³/mol. The number of rotatable bonds is 9. The molecule has 0 aliphatic heterocycles. The maximum Gasteiger partial charge on any atom is 0.192 e. The van der Waals surface area contributed by atoms with Crippen LogP contribution >= 0.6 is 23.4 Å². The molecule has 0 amide bonds. The van der Waals surface area contributed by atoms with Gasteiger partial charge in [-0.25, -0.2) is 4.98 Å². The molecular formula is C27H37ClN4O2S2Si. The van der Waals surface area contributed by atoms with Crippen molar-refractivity contribution >= 4 is 43.0 Å². The summed E-state index contributed by atoms with van der Waals surface area (Å²) in [5.74, 6) is 0. The zero-order valence-electron chi connectivity index (χ0n) is 22.9. The van der Waals surface area contributed by atoms with E-state index in [0.29, 0.717) is 18.2 Å². The largest absolute Gasteiger partial charge is 0.598 e. The highest BCUT2D eigenvalue weighted by Gasteiger charge is 2.37. The average Bonchev–Trinajstić information content (AvgIpc) is 2.82. The lowest BCUT2D eigenvalue weighted by Crippen LogP contribution is -2.40. The van der Waals surface area contributed by atoms with Crippen LogP contribution < -0.4 is 4.72 Å². The molecule has 10 heteroatoms. The van der Waals surface area contributed by atoms with Crippen LogP contribution in [0.5, 0.6) is 0 Å². The molecule has 3 rings (SSSR count). The van der Waals surface area contributed by atoms with Crippen molar-refractivity contribution in [3.05, 3.63) is 65.2 Å². The summed E-state index contributed by atoms with van der Waals surface area (Å²) in [4.78, 5) is 14.1. The van der Waals surface area contributed by atoms with Gasteiger partial charge in [0.25, 0.3) is 0 Å². The Morgan fingerprint density at radius 1 is 1.05 bits per heavy atom. The zero-order chi connectivity index (χ0) is 27.4. The van der Waals surface area contributed by atoms with Gasteiger partial charge in [-0.2, -0.15) is 0 Å². The van der Waals surface area contributed by atoms with E-state index >= 15 is 0 Å². The smallest absolute Gasteiger partial charge is 0.192 e. The van der Waals surface area contributed by atoms with Crippen molar-refractivity contribution in [3.63, 3.8) is 0 Å². The molecule has 200 valence electrons. The summed E-state index contributed by atoms with van der Waals surface area (Å²) in [6.07, 6.45) is 6.78. The third-order valence-electron chi connectivity index (χ3n) is 6.37. The van der Waals surface area contributed by atoms with Gasteiger partial charge in [-0.1, -0.05) is 50.2 Å². The van der Waals surface area contributed by atoms with Crippen molar-refractivity contribution in [2.24, 2.45) is 0 Å². The molecule has 37 heavy (non-hydrogen) atoms. The molecule has 0 saturated carbocycles. The topological polar surface area (TPSA) is 83.0 Å². The first-order chi connectivity index (χ1) is 17.2. The quantitative estimate of drug-likeness (QED) is 0.209. The minimum atomic E-state index is -1.93. The lowest BCUT2D eigenvalue weighted by atomic mass is 10.1. The molecule has 0 radical (unpaired) electrons. The number of benzene rings is 1. The lowest BCUT2D eigenvalue weighted by Gasteiger charge is -2.36. The molecule has 2 heterocycles. The molecule has 0 bridgehead atoms. The summed E-state index contributed by atoms with van der Waals surface area (Å²) in [7, 11) is -1.93. The molecule has 0 saturated heterocycles. The van der Waals surface area contributed by atoms with E-state index in [1.54, 1.807) is 24.8 Å². The first-order valence-electron chi connectivity index (χ1n) is 12.2. The Morgan fingerprint density at radius 3 is 2.41 bits per heavy atom. The lowest BCUT2D eigenvalue weighted by molar-refractivity contribution is 0.273. The highest BCUT2D eigenvalue weighted by atomic mass is 35.5. The van der Waals surface area contributed by atoms with Crippen LogP contribution in [0, 0.1) is 0 Å². The van der Waals surface area contributed by atoms with Gasteiger partial charge in [0.05, 0.1) is 30.1 Å². The minimum absolute atomic E-state index is 0.115. The van der Waals surface area contributed by atoms with E-state index in [9.17, 15) is 4.55 Å². The maximum atomic E-state index is 12.8. The van der Waals surface area contributed by atoms with Crippen LogP contribution in [-0.2, 0) is 28.9 Å². The van der Waals surface area contributed by atoms with Crippen molar-refractivity contribution in [1.82, 2.24) is 19.7 Å². The molecule has 0 fully saturated rings. The Bertz CT molecular complexity index is 1200. The third kappa shape index (κ3) is 8.02. The molecule has 1 atom stereocenters. The Labute approximate surface area is 234 Å². The second-order valence-electron chi connectivity index (χ2n) is 11.4. The van der Waals surface area contributed by atoms with E-state index in [1.807, 2.05) is 39.0 Å². The van der Waals surface area contributed by atoms with E-state index < -0.39 is 24.4 Å². The molecule has 3 aromatic rings. The van der Waals surface area contributed by atoms with Gasteiger partial charge in [0, 0.05) is 46.0 Å². The molecule has 1 unspecified atom stereocenters. The minimum Gasteiger partial charge on any atom is -0.598 e. The van der Waals surface area contributed by atoms with Gasteiger partial charge in [-0.3, -0.25) is 9.97 Å². The molecule has 0 spiro atoms.